The van der Waals surface area contributed by atoms with Crippen LogP contribution in [0.2, 0.25) is 0 Å². The van der Waals surface area contributed by atoms with Gasteiger partial charge in [-0.15, -0.1) is 0 Å². The number of pyridine rings is 1. The molecule has 0 radical (unpaired) electrons. The molecule has 0 saturated carbocycles. The van der Waals surface area contributed by atoms with E-state index in [0.29, 0.717) is 0 Å². The van der Waals surface area contributed by atoms with Crippen molar-refractivity contribution in [1.82, 2.24) is 4.98 Å². The van der Waals surface area contributed by atoms with Crippen LogP contribution >= 0.6 is 0 Å². The first-order chi connectivity index (χ1) is 14.1. The molecule has 6 rings (SSSR count). The Hall–Kier alpha value is -3.39. The Balaban J connectivity index is 1.75. The summed E-state index contributed by atoms with van der Waals surface area (Å²) in [4.78, 5) is 4.60. The molecule has 3 aromatic carbocycles. The number of fused-ring (bicyclic) bond motifs is 7. The molecular weight excluding hydrogens is 354 g/mol. The topological polar surface area (TPSA) is 26.0 Å². The van der Waals surface area contributed by atoms with Gasteiger partial charge in [0.25, 0.3) is 0 Å². The Kier molecular flexibility index (Phi) is 3.18. The lowest BCUT2D eigenvalue weighted by molar-refractivity contribution is 0.620. The molecule has 29 heavy (non-hydrogen) atoms. The molecule has 1 aliphatic carbocycles. The minimum atomic E-state index is -0.0977. The van der Waals surface area contributed by atoms with Crippen molar-refractivity contribution in [3.63, 3.8) is 0 Å². The first-order valence-electron chi connectivity index (χ1n) is 10.1. The molecule has 1 aliphatic rings. The van der Waals surface area contributed by atoms with E-state index in [1.165, 1.54) is 33.2 Å². The second-order valence-corrected chi connectivity index (χ2v) is 8.49. The van der Waals surface area contributed by atoms with Gasteiger partial charge in [0.1, 0.15) is 11.2 Å². The van der Waals surface area contributed by atoms with Crippen molar-refractivity contribution in [2.24, 2.45) is 0 Å². The fourth-order valence-electron chi connectivity index (χ4n) is 5.07. The zero-order chi connectivity index (χ0) is 19.8. The maximum atomic E-state index is 6.69. The minimum Gasteiger partial charge on any atom is -0.455 e. The molecule has 0 fully saturated rings. The van der Waals surface area contributed by atoms with Gasteiger partial charge in [0, 0.05) is 33.5 Å². The maximum Gasteiger partial charge on any atom is 0.145 e. The van der Waals surface area contributed by atoms with Crippen LogP contribution in [-0.4, -0.2) is 4.98 Å². The van der Waals surface area contributed by atoms with Crippen molar-refractivity contribution in [2.45, 2.75) is 26.2 Å². The minimum absolute atomic E-state index is 0.0977. The summed E-state index contributed by atoms with van der Waals surface area (Å²) in [5.74, 6) is 0. The number of benzene rings is 3. The van der Waals surface area contributed by atoms with Crippen molar-refractivity contribution >= 4 is 21.9 Å². The summed E-state index contributed by atoms with van der Waals surface area (Å²) >= 11 is 0. The van der Waals surface area contributed by atoms with Gasteiger partial charge in [-0.25, -0.2) is 0 Å². The van der Waals surface area contributed by atoms with Crippen molar-refractivity contribution < 1.29 is 4.42 Å². The van der Waals surface area contributed by atoms with E-state index in [1.54, 1.807) is 0 Å². The zero-order valence-corrected chi connectivity index (χ0v) is 16.8. The number of aryl methyl sites for hydroxylation is 1. The fourth-order valence-corrected chi connectivity index (χ4v) is 5.07. The number of nitrogens with zero attached hydrogens (tertiary/aromatic N) is 1. The molecule has 0 saturated heterocycles. The van der Waals surface area contributed by atoms with Crippen molar-refractivity contribution in [3.8, 4) is 22.4 Å². The van der Waals surface area contributed by atoms with E-state index in [0.717, 1.165) is 27.8 Å². The summed E-state index contributed by atoms with van der Waals surface area (Å²) in [6.45, 7) is 6.73. The van der Waals surface area contributed by atoms with Crippen LogP contribution in [0.25, 0.3) is 44.3 Å². The predicted octanol–water partition coefficient (Wildman–Crippen LogP) is 7.26. The van der Waals surface area contributed by atoms with Crippen LogP contribution in [0, 0.1) is 6.92 Å². The summed E-state index contributed by atoms with van der Waals surface area (Å²) in [5, 5.41) is 2.33. The number of rotatable bonds is 1. The standard InChI is InChI=1S/C27H21NO/c1-16-11-12-19-20-14-13-18-17-8-4-5-9-21(17)27(2,3)24(18)26(20)29-25(19)23(16)22-10-6-7-15-28-22/h4-15H,1-3H3. The van der Waals surface area contributed by atoms with Crippen LogP contribution in [0.1, 0.15) is 30.5 Å². The van der Waals surface area contributed by atoms with E-state index in [-0.39, 0.29) is 5.41 Å². The number of furan rings is 1. The van der Waals surface area contributed by atoms with E-state index in [1.807, 2.05) is 18.3 Å². The summed E-state index contributed by atoms with van der Waals surface area (Å²) in [6, 6.07) is 23.6. The third kappa shape index (κ3) is 2.09. The molecule has 0 unspecified atom stereocenters. The predicted molar refractivity (Wildman–Crippen MR) is 119 cm³/mol. The van der Waals surface area contributed by atoms with E-state index in [2.05, 4.69) is 80.4 Å². The van der Waals surface area contributed by atoms with Gasteiger partial charge in [0.15, 0.2) is 0 Å². The highest BCUT2D eigenvalue weighted by atomic mass is 16.3. The second kappa shape index (κ2) is 5.57. The molecule has 0 N–H and O–H groups in total. The molecule has 5 aromatic rings. The molecule has 0 amide bonds. The Morgan fingerprint density at radius 3 is 2.34 bits per heavy atom. The fraction of sp³-hybridized carbons (Fsp3) is 0.148. The third-order valence-electron chi connectivity index (χ3n) is 6.45. The van der Waals surface area contributed by atoms with E-state index in [9.17, 15) is 0 Å². The van der Waals surface area contributed by atoms with E-state index in [4.69, 9.17) is 4.42 Å². The Labute approximate surface area is 169 Å². The van der Waals surface area contributed by atoms with Crippen molar-refractivity contribution in [1.29, 1.82) is 0 Å². The van der Waals surface area contributed by atoms with Crippen molar-refractivity contribution in [3.05, 3.63) is 89.6 Å². The van der Waals surface area contributed by atoms with E-state index < -0.39 is 0 Å². The lowest BCUT2D eigenvalue weighted by Gasteiger charge is -2.21. The molecule has 0 aliphatic heterocycles. The SMILES string of the molecule is Cc1ccc2c(oc3c4c(ccc32)-c2ccccc2C4(C)C)c1-c1ccccn1. The monoisotopic (exact) mass is 375 g/mol. The molecule has 140 valence electrons. The summed E-state index contributed by atoms with van der Waals surface area (Å²) in [5.41, 5.74) is 10.3. The Morgan fingerprint density at radius 1 is 0.759 bits per heavy atom. The van der Waals surface area contributed by atoms with Gasteiger partial charge in [-0.1, -0.05) is 62.4 Å². The van der Waals surface area contributed by atoms with Gasteiger partial charge in [-0.3, -0.25) is 4.98 Å². The largest absolute Gasteiger partial charge is 0.455 e. The summed E-state index contributed by atoms with van der Waals surface area (Å²) in [6.07, 6.45) is 1.84. The van der Waals surface area contributed by atoms with Gasteiger partial charge in [0.05, 0.1) is 5.69 Å². The van der Waals surface area contributed by atoms with Gasteiger partial charge < -0.3 is 4.42 Å². The molecule has 2 heterocycles. The molecule has 2 heteroatoms. The van der Waals surface area contributed by atoms with Crippen LogP contribution in [0.5, 0.6) is 0 Å². The molecule has 0 atom stereocenters. The highest BCUT2D eigenvalue weighted by Crippen LogP contribution is 2.52. The maximum absolute atomic E-state index is 6.69. The lowest BCUT2D eigenvalue weighted by atomic mass is 9.82. The zero-order valence-electron chi connectivity index (χ0n) is 16.8. The van der Waals surface area contributed by atoms with Gasteiger partial charge in [-0.2, -0.15) is 0 Å². The molecule has 2 aromatic heterocycles. The quantitative estimate of drug-likeness (QED) is 0.308. The summed E-state index contributed by atoms with van der Waals surface area (Å²) < 4.78 is 6.69. The van der Waals surface area contributed by atoms with Gasteiger partial charge in [0.2, 0.25) is 0 Å². The number of aromatic nitrogens is 1. The first kappa shape index (κ1) is 16.6. The van der Waals surface area contributed by atoms with Crippen LogP contribution in [-0.2, 0) is 5.41 Å². The molecule has 0 bridgehead atoms. The molecule has 2 nitrogen and oxygen atoms in total. The summed E-state index contributed by atoms with van der Waals surface area (Å²) in [7, 11) is 0. The lowest BCUT2D eigenvalue weighted by Crippen LogP contribution is -2.15. The highest BCUT2D eigenvalue weighted by Gasteiger charge is 2.38. The number of hydrogen-bond donors (Lipinski definition) is 0. The molecular formula is C27H21NO. The van der Waals surface area contributed by atoms with Gasteiger partial charge >= 0.3 is 0 Å². The second-order valence-electron chi connectivity index (χ2n) is 8.49. The van der Waals surface area contributed by atoms with E-state index >= 15 is 0 Å². The highest BCUT2D eigenvalue weighted by molar-refractivity contribution is 6.12. The average molecular weight is 375 g/mol. The Morgan fingerprint density at radius 2 is 1.52 bits per heavy atom. The normalized spacial score (nSPS) is 14.3. The Bertz CT molecular complexity index is 1420. The van der Waals surface area contributed by atoms with Crippen molar-refractivity contribution in [2.75, 3.05) is 0 Å². The van der Waals surface area contributed by atoms with Crippen LogP contribution in [0.3, 0.4) is 0 Å². The smallest absolute Gasteiger partial charge is 0.145 e. The molecule has 0 spiro atoms. The van der Waals surface area contributed by atoms with Crippen LogP contribution in [0.4, 0.5) is 0 Å². The third-order valence-corrected chi connectivity index (χ3v) is 6.45. The number of hydrogen-bond acceptors (Lipinski definition) is 2. The van der Waals surface area contributed by atoms with Crippen LogP contribution < -0.4 is 0 Å². The van der Waals surface area contributed by atoms with Gasteiger partial charge in [-0.05, 0) is 47.4 Å². The van der Waals surface area contributed by atoms with Crippen LogP contribution in [0.15, 0.2) is 77.3 Å². The first-order valence-corrected chi connectivity index (χ1v) is 10.1. The average Bonchev–Trinajstić information content (AvgIpc) is 3.22.